The van der Waals surface area contributed by atoms with Crippen LogP contribution in [0, 0.1) is 34.9 Å². The lowest BCUT2D eigenvalue weighted by Gasteiger charge is -2.17. The van der Waals surface area contributed by atoms with Crippen molar-refractivity contribution in [3.63, 3.8) is 0 Å². The Morgan fingerprint density at radius 1 is 0.700 bits per heavy atom. The number of halogens is 6. The van der Waals surface area contributed by atoms with Crippen molar-refractivity contribution in [3.05, 3.63) is 101 Å². The highest BCUT2D eigenvalue weighted by molar-refractivity contribution is 5.68. The number of benzene rings is 3. The van der Waals surface area contributed by atoms with Gasteiger partial charge in [-0.1, -0.05) is 23.4 Å². The van der Waals surface area contributed by atoms with Gasteiger partial charge in [0.15, 0.2) is 29.0 Å². The molecule has 0 bridgehead atoms. The molecule has 3 aromatic carbocycles. The van der Waals surface area contributed by atoms with E-state index in [4.69, 9.17) is 0 Å². The maximum Gasteiger partial charge on any atom is 0.159 e. The van der Waals surface area contributed by atoms with E-state index in [0.29, 0.717) is 5.01 Å². The third-order valence-corrected chi connectivity index (χ3v) is 4.02. The van der Waals surface area contributed by atoms with Crippen LogP contribution in [0.3, 0.4) is 0 Å². The van der Waals surface area contributed by atoms with Gasteiger partial charge in [0, 0.05) is 6.20 Å². The summed E-state index contributed by atoms with van der Waals surface area (Å²) in [5, 5.41) is 7.41. The number of rotatable bonds is 5. The number of allylic oxidation sites excluding steroid dienone is 1. The smallest absolute Gasteiger partial charge is 0.159 e. The van der Waals surface area contributed by atoms with Gasteiger partial charge in [0.1, 0.15) is 17.3 Å². The molecule has 0 aliphatic carbocycles. The second-order valence-corrected chi connectivity index (χ2v) is 6.08. The molecule has 154 valence electrons. The fraction of sp³-hybridized carbons (Fsp3) is 0.0476. The largest absolute Gasteiger partial charge is 0.216 e. The van der Waals surface area contributed by atoms with Gasteiger partial charge in [-0.2, -0.15) is 0 Å². The summed E-state index contributed by atoms with van der Waals surface area (Å²) in [6, 6.07) is 9.00. The SMILES string of the molecule is C/C(=C\N(N=Nc1c(F)cccc1F)c1c(F)cccc1F)c1c(F)cccc1F. The fourth-order valence-corrected chi connectivity index (χ4v) is 2.64. The molecule has 0 spiro atoms. The van der Waals surface area contributed by atoms with E-state index in [1.165, 1.54) is 6.92 Å². The van der Waals surface area contributed by atoms with E-state index in [2.05, 4.69) is 10.3 Å². The van der Waals surface area contributed by atoms with Gasteiger partial charge >= 0.3 is 0 Å². The molecule has 9 heteroatoms. The summed E-state index contributed by atoms with van der Waals surface area (Å²) in [7, 11) is 0. The van der Waals surface area contributed by atoms with Crippen LogP contribution in [0.25, 0.3) is 5.57 Å². The summed E-state index contributed by atoms with van der Waals surface area (Å²) >= 11 is 0. The predicted molar refractivity (Wildman–Crippen MR) is 99.7 cm³/mol. The maximum absolute atomic E-state index is 14.3. The van der Waals surface area contributed by atoms with E-state index in [0.717, 1.165) is 60.8 Å². The third kappa shape index (κ3) is 4.35. The summed E-state index contributed by atoms with van der Waals surface area (Å²) in [4.78, 5) is 0. The molecule has 0 radical (unpaired) electrons. The van der Waals surface area contributed by atoms with Gasteiger partial charge in [-0.3, -0.25) is 0 Å². The molecule has 0 heterocycles. The number of nitrogens with zero attached hydrogens (tertiary/aromatic N) is 3. The lowest BCUT2D eigenvalue weighted by Crippen LogP contribution is -2.12. The molecule has 0 N–H and O–H groups in total. The molecular formula is C21H13F6N3. The second kappa shape index (κ2) is 8.81. The monoisotopic (exact) mass is 421 g/mol. The molecule has 0 saturated heterocycles. The van der Waals surface area contributed by atoms with Gasteiger partial charge in [0.2, 0.25) is 0 Å². The second-order valence-electron chi connectivity index (χ2n) is 6.08. The Labute approximate surface area is 167 Å². The maximum atomic E-state index is 14.3. The summed E-state index contributed by atoms with van der Waals surface area (Å²) in [6.07, 6.45) is 0.894. The molecule has 3 aromatic rings. The molecular weight excluding hydrogens is 408 g/mol. The fourth-order valence-electron chi connectivity index (χ4n) is 2.64. The van der Waals surface area contributed by atoms with Crippen LogP contribution in [-0.4, -0.2) is 0 Å². The standard InChI is InChI=1S/C21H13F6N3/c1-12(19-13(22)5-2-6-14(19)23)11-30(21-17(26)9-4-10-18(21)27)29-28-20-15(24)7-3-8-16(20)25/h2-11H,1H3/b12-11+,29-28?. The van der Waals surface area contributed by atoms with E-state index in [1.54, 1.807) is 0 Å². The first-order valence-electron chi connectivity index (χ1n) is 8.51. The predicted octanol–water partition coefficient (Wildman–Crippen LogP) is 7.09. The zero-order valence-corrected chi connectivity index (χ0v) is 15.4. The van der Waals surface area contributed by atoms with Crippen molar-refractivity contribution < 1.29 is 26.3 Å². The van der Waals surface area contributed by atoms with E-state index in [-0.39, 0.29) is 5.57 Å². The Hall–Kier alpha value is -3.62. The van der Waals surface area contributed by atoms with Gasteiger partial charge in [0.05, 0.1) is 5.56 Å². The molecule has 0 amide bonds. The van der Waals surface area contributed by atoms with Crippen LogP contribution in [-0.2, 0) is 0 Å². The Balaban J connectivity index is 2.15. The zero-order chi connectivity index (χ0) is 21.8. The minimum absolute atomic E-state index is 0.110. The Kier molecular flexibility index (Phi) is 6.20. The first kappa shape index (κ1) is 21.1. The lowest BCUT2D eigenvalue weighted by atomic mass is 10.1. The van der Waals surface area contributed by atoms with E-state index < -0.39 is 51.8 Å². The van der Waals surface area contributed by atoms with Gasteiger partial charge < -0.3 is 0 Å². The highest BCUT2D eigenvalue weighted by Crippen LogP contribution is 2.30. The van der Waals surface area contributed by atoms with Crippen LogP contribution in [0.15, 0.2) is 71.1 Å². The van der Waals surface area contributed by atoms with Crippen LogP contribution in [0.5, 0.6) is 0 Å². The van der Waals surface area contributed by atoms with Gasteiger partial charge in [-0.25, -0.2) is 31.4 Å². The molecule has 0 aromatic heterocycles. The number of hydrogen-bond donors (Lipinski definition) is 0. The average Bonchev–Trinajstić information content (AvgIpc) is 2.67. The third-order valence-electron chi connectivity index (χ3n) is 4.02. The van der Waals surface area contributed by atoms with Crippen molar-refractivity contribution in [1.29, 1.82) is 0 Å². The first-order chi connectivity index (χ1) is 14.3. The van der Waals surface area contributed by atoms with Crippen molar-refractivity contribution in [2.45, 2.75) is 6.92 Å². The van der Waals surface area contributed by atoms with E-state index in [1.807, 2.05) is 0 Å². The molecule has 0 aliphatic rings. The molecule has 0 atom stereocenters. The van der Waals surface area contributed by atoms with E-state index in [9.17, 15) is 26.3 Å². The molecule has 0 aliphatic heterocycles. The molecule has 0 fully saturated rings. The number of hydrogen-bond acceptors (Lipinski definition) is 2. The van der Waals surface area contributed by atoms with Crippen molar-refractivity contribution in [1.82, 2.24) is 0 Å². The zero-order valence-electron chi connectivity index (χ0n) is 15.4. The van der Waals surface area contributed by atoms with Crippen molar-refractivity contribution >= 4 is 16.9 Å². The summed E-state index contributed by atoms with van der Waals surface area (Å²) in [5.41, 5.74) is -2.14. The van der Waals surface area contributed by atoms with Crippen molar-refractivity contribution in [3.8, 4) is 0 Å². The Bertz CT molecular complexity index is 1080. The topological polar surface area (TPSA) is 28.0 Å². The van der Waals surface area contributed by atoms with Crippen LogP contribution in [0.1, 0.15) is 12.5 Å². The van der Waals surface area contributed by atoms with Gasteiger partial charge in [-0.15, -0.1) is 5.11 Å². The minimum atomic E-state index is -1.08. The number of para-hydroxylation sites is 1. The van der Waals surface area contributed by atoms with Crippen molar-refractivity contribution in [2.24, 2.45) is 10.3 Å². The molecule has 0 unspecified atom stereocenters. The summed E-state index contributed by atoms with van der Waals surface area (Å²) in [5.74, 6) is -6.13. The van der Waals surface area contributed by atoms with Gasteiger partial charge in [-0.05, 0) is 48.9 Å². The number of anilines is 1. The summed E-state index contributed by atoms with van der Waals surface area (Å²) in [6.45, 7) is 1.27. The van der Waals surface area contributed by atoms with Crippen LogP contribution < -0.4 is 5.01 Å². The van der Waals surface area contributed by atoms with E-state index >= 15 is 0 Å². The minimum Gasteiger partial charge on any atom is -0.216 e. The van der Waals surface area contributed by atoms with Crippen LogP contribution >= 0.6 is 0 Å². The van der Waals surface area contributed by atoms with Crippen molar-refractivity contribution in [2.75, 3.05) is 5.01 Å². The highest BCUT2D eigenvalue weighted by Gasteiger charge is 2.18. The average molecular weight is 421 g/mol. The molecule has 3 nitrogen and oxygen atoms in total. The first-order valence-corrected chi connectivity index (χ1v) is 8.51. The molecule has 3 rings (SSSR count). The molecule has 0 saturated carbocycles. The summed E-state index contributed by atoms with van der Waals surface area (Å²) < 4.78 is 84.4. The Morgan fingerprint density at radius 3 is 1.63 bits per heavy atom. The molecule has 30 heavy (non-hydrogen) atoms. The normalized spacial score (nSPS) is 11.9. The van der Waals surface area contributed by atoms with Crippen LogP contribution in [0.2, 0.25) is 0 Å². The van der Waals surface area contributed by atoms with Crippen LogP contribution in [0.4, 0.5) is 37.7 Å². The van der Waals surface area contributed by atoms with Gasteiger partial charge in [0.25, 0.3) is 0 Å². The quantitative estimate of drug-likeness (QED) is 0.246. The Morgan fingerprint density at radius 2 is 1.13 bits per heavy atom. The lowest BCUT2D eigenvalue weighted by molar-refractivity contribution is 0.574. The highest BCUT2D eigenvalue weighted by atomic mass is 19.2.